The third-order valence-corrected chi connectivity index (χ3v) is 4.27. The Morgan fingerprint density at radius 2 is 2.39 bits per heavy atom. The maximum Gasteiger partial charge on any atom is 0.240 e. The van der Waals surface area contributed by atoms with Gasteiger partial charge >= 0.3 is 0 Å². The van der Waals surface area contributed by atoms with Crippen LogP contribution in [0.4, 0.5) is 0 Å². The zero-order valence-electron chi connectivity index (χ0n) is 14.1. The van der Waals surface area contributed by atoms with E-state index in [0.29, 0.717) is 30.8 Å². The standard InChI is InChI=1S/C16H25N5O2/c1-4-22-12(3)16-17-15(23-20-16)10-21-7-5-6-13(9-21)14-8-11(2)18-19-14/h8,12-13H,4-7,9-10H2,1-3H3,(H,18,19)/t12-,13-/m0/s1. The lowest BCUT2D eigenvalue weighted by Gasteiger charge is -2.30. The molecule has 0 aliphatic carbocycles. The maximum absolute atomic E-state index is 5.50. The van der Waals surface area contributed by atoms with Gasteiger partial charge < -0.3 is 9.26 Å². The van der Waals surface area contributed by atoms with Gasteiger partial charge in [-0.1, -0.05) is 5.16 Å². The Kier molecular flexibility index (Phi) is 5.07. The highest BCUT2D eigenvalue weighted by Gasteiger charge is 2.25. The lowest BCUT2D eigenvalue weighted by atomic mass is 9.95. The molecule has 0 unspecified atom stereocenters. The smallest absolute Gasteiger partial charge is 0.240 e. The first-order chi connectivity index (χ1) is 11.2. The fourth-order valence-corrected chi connectivity index (χ4v) is 3.10. The number of hydrogen-bond acceptors (Lipinski definition) is 6. The molecule has 1 aliphatic rings. The molecule has 126 valence electrons. The molecule has 0 aromatic carbocycles. The van der Waals surface area contributed by atoms with Crippen molar-refractivity contribution in [1.82, 2.24) is 25.2 Å². The molecule has 1 aliphatic heterocycles. The molecule has 3 heterocycles. The minimum atomic E-state index is -0.126. The predicted octanol–water partition coefficient (Wildman–Crippen LogP) is 2.58. The second kappa shape index (κ2) is 7.23. The molecular formula is C16H25N5O2. The van der Waals surface area contributed by atoms with E-state index in [4.69, 9.17) is 9.26 Å². The first kappa shape index (κ1) is 16.1. The normalized spacial score (nSPS) is 20.7. The van der Waals surface area contributed by atoms with Crippen molar-refractivity contribution in [1.29, 1.82) is 0 Å². The lowest BCUT2D eigenvalue weighted by molar-refractivity contribution is 0.0683. The Bertz CT molecular complexity index is 624. The van der Waals surface area contributed by atoms with Crippen LogP contribution in [0.15, 0.2) is 10.6 Å². The van der Waals surface area contributed by atoms with Crippen LogP contribution < -0.4 is 0 Å². The van der Waals surface area contributed by atoms with Gasteiger partial charge in [0.25, 0.3) is 0 Å². The van der Waals surface area contributed by atoms with Crippen LogP contribution in [0.2, 0.25) is 0 Å². The molecule has 7 nitrogen and oxygen atoms in total. The highest BCUT2D eigenvalue weighted by molar-refractivity contribution is 5.13. The highest BCUT2D eigenvalue weighted by Crippen LogP contribution is 2.26. The van der Waals surface area contributed by atoms with E-state index in [2.05, 4.69) is 31.3 Å². The molecule has 1 saturated heterocycles. The highest BCUT2D eigenvalue weighted by atomic mass is 16.5. The first-order valence-corrected chi connectivity index (χ1v) is 8.34. The number of aryl methyl sites for hydroxylation is 1. The van der Waals surface area contributed by atoms with E-state index in [1.807, 2.05) is 20.8 Å². The number of H-pyrrole nitrogens is 1. The second-order valence-electron chi connectivity index (χ2n) is 6.19. The largest absolute Gasteiger partial charge is 0.371 e. The zero-order valence-corrected chi connectivity index (χ0v) is 14.1. The Labute approximate surface area is 136 Å². The molecular weight excluding hydrogens is 294 g/mol. The van der Waals surface area contributed by atoms with Gasteiger partial charge in [0.1, 0.15) is 6.10 Å². The average molecular weight is 319 g/mol. The fourth-order valence-electron chi connectivity index (χ4n) is 3.10. The molecule has 7 heteroatoms. The van der Waals surface area contributed by atoms with Crippen LogP contribution in [0.5, 0.6) is 0 Å². The summed E-state index contributed by atoms with van der Waals surface area (Å²) in [6.07, 6.45) is 2.21. The van der Waals surface area contributed by atoms with Crippen molar-refractivity contribution in [3.8, 4) is 0 Å². The number of aromatic nitrogens is 4. The molecule has 0 saturated carbocycles. The van der Waals surface area contributed by atoms with Crippen LogP contribution in [-0.2, 0) is 11.3 Å². The number of nitrogens with zero attached hydrogens (tertiary/aromatic N) is 4. The van der Waals surface area contributed by atoms with Crippen LogP contribution in [-0.4, -0.2) is 44.9 Å². The van der Waals surface area contributed by atoms with Crippen LogP contribution in [0.1, 0.15) is 61.8 Å². The SMILES string of the molecule is CCO[C@@H](C)c1noc(CN2CCC[C@H](c3cc(C)[nH]n3)C2)n1. The maximum atomic E-state index is 5.50. The molecule has 0 spiro atoms. The quantitative estimate of drug-likeness (QED) is 0.881. The van der Waals surface area contributed by atoms with Crippen molar-refractivity contribution < 1.29 is 9.26 Å². The molecule has 0 radical (unpaired) electrons. The van der Waals surface area contributed by atoms with Crippen molar-refractivity contribution in [2.75, 3.05) is 19.7 Å². The Balaban J connectivity index is 1.59. The summed E-state index contributed by atoms with van der Waals surface area (Å²) in [6.45, 7) is 9.29. The number of piperidine rings is 1. The van der Waals surface area contributed by atoms with Gasteiger partial charge in [-0.3, -0.25) is 10.00 Å². The van der Waals surface area contributed by atoms with Gasteiger partial charge in [-0.05, 0) is 46.2 Å². The van der Waals surface area contributed by atoms with Gasteiger partial charge in [0, 0.05) is 24.8 Å². The van der Waals surface area contributed by atoms with Crippen molar-refractivity contribution >= 4 is 0 Å². The van der Waals surface area contributed by atoms with Crippen LogP contribution in [0.25, 0.3) is 0 Å². The first-order valence-electron chi connectivity index (χ1n) is 8.34. The third-order valence-electron chi connectivity index (χ3n) is 4.27. The number of rotatable bonds is 6. The Hall–Kier alpha value is -1.73. The van der Waals surface area contributed by atoms with Crippen molar-refractivity contribution in [3.63, 3.8) is 0 Å². The van der Waals surface area contributed by atoms with Gasteiger partial charge in [0.15, 0.2) is 5.82 Å². The molecule has 2 aromatic heterocycles. The lowest BCUT2D eigenvalue weighted by Crippen LogP contribution is -2.34. The monoisotopic (exact) mass is 319 g/mol. The summed E-state index contributed by atoms with van der Waals surface area (Å²) < 4.78 is 10.9. The Morgan fingerprint density at radius 3 is 3.13 bits per heavy atom. The van der Waals surface area contributed by atoms with E-state index in [1.54, 1.807) is 0 Å². The van der Waals surface area contributed by atoms with Crippen LogP contribution >= 0.6 is 0 Å². The number of nitrogens with one attached hydrogen (secondary N) is 1. The summed E-state index contributed by atoms with van der Waals surface area (Å²) in [5, 5.41) is 11.5. The fraction of sp³-hybridized carbons (Fsp3) is 0.688. The van der Waals surface area contributed by atoms with Gasteiger partial charge in [0.05, 0.1) is 12.2 Å². The molecule has 0 amide bonds. The van der Waals surface area contributed by atoms with E-state index in [-0.39, 0.29) is 6.10 Å². The van der Waals surface area contributed by atoms with E-state index < -0.39 is 0 Å². The molecule has 2 aromatic rings. The predicted molar refractivity (Wildman–Crippen MR) is 84.9 cm³/mol. The van der Waals surface area contributed by atoms with Gasteiger partial charge in [-0.25, -0.2) is 0 Å². The van der Waals surface area contributed by atoms with Gasteiger partial charge in [-0.2, -0.15) is 10.1 Å². The number of ether oxygens (including phenoxy) is 1. The topological polar surface area (TPSA) is 80.1 Å². The summed E-state index contributed by atoms with van der Waals surface area (Å²) in [6, 6.07) is 2.14. The molecule has 23 heavy (non-hydrogen) atoms. The van der Waals surface area contributed by atoms with Gasteiger partial charge in [0.2, 0.25) is 5.89 Å². The van der Waals surface area contributed by atoms with Crippen LogP contribution in [0.3, 0.4) is 0 Å². The van der Waals surface area contributed by atoms with Crippen molar-refractivity contribution in [2.24, 2.45) is 0 Å². The number of hydrogen-bond donors (Lipinski definition) is 1. The van der Waals surface area contributed by atoms with E-state index in [9.17, 15) is 0 Å². The molecule has 0 bridgehead atoms. The van der Waals surface area contributed by atoms with Gasteiger partial charge in [-0.15, -0.1) is 0 Å². The Morgan fingerprint density at radius 1 is 1.52 bits per heavy atom. The van der Waals surface area contributed by atoms with Crippen molar-refractivity contribution in [2.45, 2.75) is 52.2 Å². The summed E-state index contributed by atoms with van der Waals surface area (Å²) in [5.41, 5.74) is 2.27. The minimum absolute atomic E-state index is 0.126. The number of aromatic amines is 1. The van der Waals surface area contributed by atoms with E-state index in [0.717, 1.165) is 30.9 Å². The summed E-state index contributed by atoms with van der Waals surface area (Å²) in [4.78, 5) is 6.82. The molecule has 3 rings (SSSR count). The minimum Gasteiger partial charge on any atom is -0.371 e. The zero-order chi connectivity index (χ0) is 16.2. The average Bonchev–Trinajstić information content (AvgIpc) is 3.17. The molecule has 2 atom stereocenters. The summed E-state index contributed by atoms with van der Waals surface area (Å²) >= 11 is 0. The third kappa shape index (κ3) is 3.97. The molecule has 1 fully saturated rings. The molecule has 1 N–H and O–H groups in total. The second-order valence-corrected chi connectivity index (χ2v) is 6.19. The number of likely N-dealkylation sites (tertiary alicyclic amines) is 1. The van der Waals surface area contributed by atoms with Crippen molar-refractivity contribution in [3.05, 3.63) is 29.2 Å². The van der Waals surface area contributed by atoms with Crippen LogP contribution in [0, 0.1) is 6.92 Å². The van der Waals surface area contributed by atoms with E-state index >= 15 is 0 Å². The van der Waals surface area contributed by atoms with E-state index in [1.165, 1.54) is 6.42 Å². The summed E-state index contributed by atoms with van der Waals surface area (Å²) in [5.74, 6) is 1.75. The summed E-state index contributed by atoms with van der Waals surface area (Å²) in [7, 11) is 0.